The van der Waals surface area contributed by atoms with E-state index in [1.165, 1.54) is 10.5 Å². The highest BCUT2D eigenvalue weighted by molar-refractivity contribution is 5.98. The molecule has 1 aliphatic heterocycles. The molecule has 1 aliphatic rings. The highest BCUT2D eigenvalue weighted by Crippen LogP contribution is 2.37. The molecule has 0 atom stereocenters. The SMILES string of the molecule is CCCCC1(C)CC(=O)N(CCCCc2ccccc2)C(=O)C1. The van der Waals surface area contributed by atoms with Crippen LogP contribution in [0, 0.1) is 5.41 Å². The lowest BCUT2D eigenvalue weighted by Crippen LogP contribution is -2.47. The summed E-state index contributed by atoms with van der Waals surface area (Å²) in [6, 6.07) is 10.4. The standard InChI is InChI=1S/C20H29NO2/c1-3-4-13-20(2)15-18(22)21(19(23)16-20)14-9-8-12-17-10-6-5-7-11-17/h5-7,10-11H,3-4,8-9,12-16H2,1-2H3. The van der Waals surface area contributed by atoms with Gasteiger partial charge in [0.15, 0.2) is 0 Å². The van der Waals surface area contributed by atoms with Gasteiger partial charge in [-0.1, -0.05) is 57.0 Å². The van der Waals surface area contributed by atoms with Gasteiger partial charge >= 0.3 is 0 Å². The summed E-state index contributed by atoms with van der Waals surface area (Å²) >= 11 is 0. The zero-order valence-corrected chi connectivity index (χ0v) is 14.5. The van der Waals surface area contributed by atoms with Gasteiger partial charge in [-0.3, -0.25) is 14.5 Å². The van der Waals surface area contributed by atoms with Crippen molar-refractivity contribution in [2.45, 2.75) is 65.2 Å². The van der Waals surface area contributed by atoms with Crippen LogP contribution in [-0.2, 0) is 16.0 Å². The molecule has 0 unspecified atom stereocenters. The number of nitrogens with zero attached hydrogens (tertiary/aromatic N) is 1. The Balaban J connectivity index is 1.78. The van der Waals surface area contributed by atoms with Crippen molar-refractivity contribution >= 4 is 11.8 Å². The lowest BCUT2D eigenvalue weighted by atomic mass is 9.75. The van der Waals surface area contributed by atoms with Gasteiger partial charge in [-0.2, -0.15) is 0 Å². The second-order valence-electron chi connectivity index (χ2n) is 7.15. The van der Waals surface area contributed by atoms with Crippen LogP contribution in [0.5, 0.6) is 0 Å². The van der Waals surface area contributed by atoms with Crippen molar-refractivity contribution in [2.75, 3.05) is 6.54 Å². The Kier molecular flexibility index (Phi) is 6.37. The van der Waals surface area contributed by atoms with E-state index in [2.05, 4.69) is 26.0 Å². The Morgan fingerprint density at radius 1 is 1.00 bits per heavy atom. The molecule has 0 aromatic heterocycles. The second kappa shape index (κ2) is 8.28. The highest BCUT2D eigenvalue weighted by atomic mass is 16.2. The second-order valence-corrected chi connectivity index (χ2v) is 7.15. The molecule has 23 heavy (non-hydrogen) atoms. The van der Waals surface area contributed by atoms with E-state index >= 15 is 0 Å². The van der Waals surface area contributed by atoms with Crippen LogP contribution in [0.1, 0.15) is 64.4 Å². The Hall–Kier alpha value is -1.64. The van der Waals surface area contributed by atoms with Gasteiger partial charge in [-0.15, -0.1) is 0 Å². The predicted octanol–water partition coefficient (Wildman–Crippen LogP) is 4.35. The number of unbranched alkanes of at least 4 members (excludes halogenated alkanes) is 2. The van der Waals surface area contributed by atoms with Crippen molar-refractivity contribution in [3.63, 3.8) is 0 Å². The molecule has 2 amide bonds. The molecule has 0 saturated carbocycles. The molecule has 3 nitrogen and oxygen atoms in total. The number of benzene rings is 1. The Labute approximate surface area is 140 Å². The molecular weight excluding hydrogens is 286 g/mol. The third-order valence-corrected chi connectivity index (χ3v) is 4.83. The van der Waals surface area contributed by atoms with E-state index in [9.17, 15) is 9.59 Å². The fourth-order valence-electron chi connectivity index (χ4n) is 3.40. The lowest BCUT2D eigenvalue weighted by molar-refractivity contribution is -0.153. The van der Waals surface area contributed by atoms with E-state index in [-0.39, 0.29) is 17.2 Å². The van der Waals surface area contributed by atoms with E-state index in [0.29, 0.717) is 19.4 Å². The van der Waals surface area contributed by atoms with Gasteiger partial charge in [0.25, 0.3) is 0 Å². The van der Waals surface area contributed by atoms with Crippen molar-refractivity contribution < 1.29 is 9.59 Å². The normalized spacial score (nSPS) is 17.6. The van der Waals surface area contributed by atoms with Crippen molar-refractivity contribution in [3.8, 4) is 0 Å². The smallest absolute Gasteiger partial charge is 0.229 e. The molecule has 1 fully saturated rings. The molecular formula is C20H29NO2. The monoisotopic (exact) mass is 315 g/mol. The van der Waals surface area contributed by atoms with Gasteiger partial charge in [-0.05, 0) is 36.7 Å². The molecule has 2 rings (SSSR count). The fraction of sp³-hybridized carbons (Fsp3) is 0.600. The fourth-order valence-corrected chi connectivity index (χ4v) is 3.40. The van der Waals surface area contributed by atoms with Crippen LogP contribution < -0.4 is 0 Å². The molecule has 0 bridgehead atoms. The number of hydrogen-bond donors (Lipinski definition) is 0. The summed E-state index contributed by atoms with van der Waals surface area (Å²) in [6.07, 6.45) is 7.13. The number of carbonyl (C=O) groups is 2. The molecule has 0 spiro atoms. The number of likely N-dealkylation sites (tertiary alicyclic amines) is 1. The van der Waals surface area contributed by atoms with Crippen molar-refractivity contribution in [1.82, 2.24) is 4.90 Å². The van der Waals surface area contributed by atoms with E-state index in [1.807, 2.05) is 18.2 Å². The molecule has 1 aromatic carbocycles. The third-order valence-electron chi connectivity index (χ3n) is 4.83. The number of hydrogen-bond acceptors (Lipinski definition) is 2. The predicted molar refractivity (Wildman–Crippen MR) is 93.0 cm³/mol. The maximum absolute atomic E-state index is 12.4. The summed E-state index contributed by atoms with van der Waals surface area (Å²) in [4.78, 5) is 26.2. The Bertz CT molecular complexity index is 506. The van der Waals surface area contributed by atoms with Gasteiger partial charge in [0.1, 0.15) is 0 Å². The first-order valence-electron chi connectivity index (χ1n) is 8.91. The average molecular weight is 315 g/mol. The zero-order chi connectivity index (χ0) is 16.7. The number of carbonyl (C=O) groups excluding carboxylic acids is 2. The first-order valence-corrected chi connectivity index (χ1v) is 8.91. The number of piperidine rings is 1. The van der Waals surface area contributed by atoms with Gasteiger partial charge < -0.3 is 0 Å². The molecule has 126 valence electrons. The minimum Gasteiger partial charge on any atom is -0.283 e. The van der Waals surface area contributed by atoms with E-state index in [0.717, 1.165) is 38.5 Å². The van der Waals surface area contributed by atoms with Crippen LogP contribution in [-0.4, -0.2) is 23.3 Å². The summed E-state index contributed by atoms with van der Waals surface area (Å²) in [5, 5.41) is 0. The molecule has 0 radical (unpaired) electrons. The quantitative estimate of drug-likeness (QED) is 0.528. The van der Waals surface area contributed by atoms with Crippen molar-refractivity contribution in [1.29, 1.82) is 0 Å². The summed E-state index contributed by atoms with van der Waals surface area (Å²) in [5.74, 6) is 0.0547. The summed E-state index contributed by atoms with van der Waals surface area (Å²) < 4.78 is 0. The number of aryl methyl sites for hydroxylation is 1. The first-order chi connectivity index (χ1) is 11.0. The van der Waals surface area contributed by atoms with Gasteiger partial charge in [-0.25, -0.2) is 0 Å². The van der Waals surface area contributed by atoms with Crippen LogP contribution >= 0.6 is 0 Å². The maximum Gasteiger partial charge on any atom is 0.229 e. The van der Waals surface area contributed by atoms with Crippen molar-refractivity contribution in [2.24, 2.45) is 5.41 Å². The summed E-state index contributed by atoms with van der Waals surface area (Å²) in [5.41, 5.74) is 1.20. The minimum absolute atomic E-state index is 0.0274. The van der Waals surface area contributed by atoms with Gasteiger partial charge in [0.05, 0.1) is 0 Å². The molecule has 1 aromatic rings. The maximum atomic E-state index is 12.4. The van der Waals surface area contributed by atoms with Gasteiger partial charge in [0, 0.05) is 19.4 Å². The topological polar surface area (TPSA) is 37.4 Å². The highest BCUT2D eigenvalue weighted by Gasteiger charge is 2.39. The van der Waals surface area contributed by atoms with E-state index in [1.54, 1.807) is 0 Å². The third kappa shape index (κ3) is 5.19. The molecule has 3 heteroatoms. The van der Waals surface area contributed by atoms with Crippen molar-refractivity contribution in [3.05, 3.63) is 35.9 Å². The summed E-state index contributed by atoms with van der Waals surface area (Å²) in [7, 11) is 0. The Morgan fingerprint density at radius 2 is 1.65 bits per heavy atom. The number of rotatable bonds is 8. The molecule has 1 heterocycles. The minimum atomic E-state index is -0.120. The van der Waals surface area contributed by atoms with Gasteiger partial charge in [0.2, 0.25) is 11.8 Å². The van der Waals surface area contributed by atoms with Crippen LogP contribution in [0.2, 0.25) is 0 Å². The van der Waals surface area contributed by atoms with Crippen LogP contribution in [0.25, 0.3) is 0 Å². The average Bonchev–Trinajstić information content (AvgIpc) is 2.52. The molecule has 0 N–H and O–H groups in total. The van der Waals surface area contributed by atoms with E-state index in [4.69, 9.17) is 0 Å². The van der Waals surface area contributed by atoms with Crippen LogP contribution in [0.4, 0.5) is 0 Å². The van der Waals surface area contributed by atoms with E-state index < -0.39 is 0 Å². The zero-order valence-electron chi connectivity index (χ0n) is 14.5. The van der Waals surface area contributed by atoms with Crippen LogP contribution in [0.15, 0.2) is 30.3 Å². The first kappa shape index (κ1) is 17.7. The largest absolute Gasteiger partial charge is 0.283 e. The lowest BCUT2D eigenvalue weighted by Gasteiger charge is -2.37. The number of amides is 2. The number of imide groups is 1. The summed E-state index contributed by atoms with van der Waals surface area (Å²) in [6.45, 7) is 4.81. The van der Waals surface area contributed by atoms with Crippen LogP contribution in [0.3, 0.4) is 0 Å². The molecule has 0 aliphatic carbocycles. The Morgan fingerprint density at radius 3 is 2.26 bits per heavy atom. The molecule has 1 saturated heterocycles.